The predicted molar refractivity (Wildman–Crippen MR) is 83.0 cm³/mol. The quantitative estimate of drug-likeness (QED) is 0.789. The zero-order valence-electron chi connectivity index (χ0n) is 12.9. The first-order valence-corrected chi connectivity index (χ1v) is 7.14. The summed E-state index contributed by atoms with van der Waals surface area (Å²) in [7, 11) is 2.09. The number of piperazine rings is 1. The van der Waals surface area contributed by atoms with Gasteiger partial charge in [0.15, 0.2) is 0 Å². The van der Waals surface area contributed by atoms with Crippen LogP contribution >= 0.6 is 0 Å². The smallest absolute Gasteiger partial charge is 0.254 e. The zero-order chi connectivity index (χ0) is 15.5. The van der Waals surface area contributed by atoms with Gasteiger partial charge in [0.2, 0.25) is 0 Å². The van der Waals surface area contributed by atoms with E-state index in [1.54, 1.807) is 6.07 Å². The number of carbonyl (C=O) groups excluding carboxylic acids is 1. The molecule has 0 unspecified atom stereocenters. The summed E-state index contributed by atoms with van der Waals surface area (Å²) in [6, 6.07) is 7.28. The molecule has 0 bridgehead atoms. The van der Waals surface area contributed by atoms with E-state index in [4.69, 9.17) is 5.11 Å². The number of nitrogens with zero attached hydrogens (tertiary/aromatic N) is 2. The van der Waals surface area contributed by atoms with E-state index in [2.05, 4.69) is 37.6 Å². The molecule has 1 aliphatic rings. The number of aliphatic hydroxyl groups is 1. The highest BCUT2D eigenvalue weighted by Crippen LogP contribution is 2.20. The number of amides is 1. The molecule has 0 spiro atoms. The number of likely N-dealkylation sites (N-methyl/N-ethyl adjacent to an activating group) is 1. The van der Waals surface area contributed by atoms with Gasteiger partial charge in [0.1, 0.15) is 6.61 Å². The minimum Gasteiger partial charge on any atom is -0.384 e. The molecule has 0 radical (unpaired) electrons. The second kappa shape index (κ2) is 6.30. The van der Waals surface area contributed by atoms with Crippen LogP contribution in [0.5, 0.6) is 0 Å². The van der Waals surface area contributed by atoms with Crippen LogP contribution in [-0.2, 0) is 0 Å². The fourth-order valence-corrected chi connectivity index (χ4v) is 2.47. The van der Waals surface area contributed by atoms with E-state index in [9.17, 15) is 4.79 Å². The molecule has 1 N–H and O–H groups in total. The van der Waals surface area contributed by atoms with Gasteiger partial charge < -0.3 is 10.0 Å². The zero-order valence-corrected chi connectivity index (χ0v) is 12.9. The van der Waals surface area contributed by atoms with Gasteiger partial charge in [-0.2, -0.15) is 0 Å². The molecule has 112 valence electrons. The molecule has 0 saturated carbocycles. The molecule has 4 heteroatoms. The molecule has 1 heterocycles. The lowest BCUT2D eigenvalue weighted by Crippen LogP contribution is -2.58. The van der Waals surface area contributed by atoms with Crippen LogP contribution < -0.4 is 0 Å². The largest absolute Gasteiger partial charge is 0.384 e. The van der Waals surface area contributed by atoms with Crippen molar-refractivity contribution in [3.05, 3.63) is 35.4 Å². The van der Waals surface area contributed by atoms with Gasteiger partial charge in [-0.15, -0.1) is 0 Å². The Morgan fingerprint density at radius 3 is 2.81 bits per heavy atom. The van der Waals surface area contributed by atoms with E-state index in [0.717, 1.165) is 25.2 Å². The van der Waals surface area contributed by atoms with Crippen molar-refractivity contribution in [2.24, 2.45) is 0 Å². The number of carbonyl (C=O) groups is 1. The van der Waals surface area contributed by atoms with Gasteiger partial charge in [0.05, 0.1) is 0 Å². The van der Waals surface area contributed by atoms with Crippen LogP contribution in [0.25, 0.3) is 0 Å². The summed E-state index contributed by atoms with van der Waals surface area (Å²) < 4.78 is 0. The summed E-state index contributed by atoms with van der Waals surface area (Å²) in [6.45, 7) is 6.46. The Bertz CT molecular complexity index is 584. The van der Waals surface area contributed by atoms with Gasteiger partial charge in [-0.25, -0.2) is 0 Å². The van der Waals surface area contributed by atoms with Crippen molar-refractivity contribution >= 4 is 5.91 Å². The molecule has 1 aromatic rings. The maximum absolute atomic E-state index is 12.6. The first-order valence-electron chi connectivity index (χ1n) is 7.14. The minimum atomic E-state index is -0.176. The molecule has 4 nitrogen and oxygen atoms in total. The molecule has 1 amide bonds. The normalized spacial score (nSPS) is 18.0. The Morgan fingerprint density at radius 1 is 1.38 bits per heavy atom. The first kappa shape index (κ1) is 15.6. The summed E-state index contributed by atoms with van der Waals surface area (Å²) in [4.78, 5) is 16.8. The molecule has 0 aliphatic carbocycles. The SMILES string of the molecule is CN1CCN(C(=O)c2cccc(C#CCO)c2)CC1(C)C. The van der Waals surface area contributed by atoms with E-state index in [1.165, 1.54) is 0 Å². The number of rotatable bonds is 1. The van der Waals surface area contributed by atoms with Gasteiger partial charge in [-0.1, -0.05) is 17.9 Å². The number of aliphatic hydroxyl groups excluding tert-OH is 1. The van der Waals surface area contributed by atoms with Gasteiger partial charge in [-0.05, 0) is 39.1 Å². The maximum atomic E-state index is 12.6. The molecule has 1 saturated heterocycles. The van der Waals surface area contributed by atoms with Crippen molar-refractivity contribution in [3.63, 3.8) is 0 Å². The van der Waals surface area contributed by atoms with Crippen molar-refractivity contribution in [3.8, 4) is 11.8 Å². The number of benzene rings is 1. The first-order chi connectivity index (χ1) is 9.94. The number of hydrogen-bond donors (Lipinski definition) is 1. The van der Waals surface area contributed by atoms with E-state index in [-0.39, 0.29) is 18.1 Å². The second-order valence-electron chi connectivity index (χ2n) is 6.00. The third-order valence-corrected chi connectivity index (χ3v) is 4.03. The lowest BCUT2D eigenvalue weighted by Gasteiger charge is -2.45. The highest BCUT2D eigenvalue weighted by atomic mass is 16.2. The maximum Gasteiger partial charge on any atom is 0.254 e. The van der Waals surface area contributed by atoms with E-state index in [1.807, 2.05) is 23.1 Å². The summed E-state index contributed by atoms with van der Waals surface area (Å²) in [6.07, 6.45) is 0. The molecule has 2 rings (SSSR count). The van der Waals surface area contributed by atoms with Crippen LogP contribution in [0.4, 0.5) is 0 Å². The summed E-state index contributed by atoms with van der Waals surface area (Å²) in [5.41, 5.74) is 1.39. The molecule has 0 aromatic heterocycles. The van der Waals surface area contributed by atoms with Crippen LogP contribution in [0.1, 0.15) is 29.8 Å². The molecular weight excluding hydrogens is 264 g/mol. The monoisotopic (exact) mass is 286 g/mol. The number of hydrogen-bond acceptors (Lipinski definition) is 3. The van der Waals surface area contributed by atoms with Crippen LogP contribution in [-0.4, -0.2) is 59.6 Å². The molecule has 21 heavy (non-hydrogen) atoms. The Labute approximate surface area is 126 Å². The highest BCUT2D eigenvalue weighted by Gasteiger charge is 2.33. The Hall–Kier alpha value is -1.83. The molecule has 0 atom stereocenters. The van der Waals surface area contributed by atoms with Gasteiger partial charge in [0, 0.05) is 36.3 Å². The van der Waals surface area contributed by atoms with Crippen LogP contribution in [0.15, 0.2) is 24.3 Å². The Kier molecular flexibility index (Phi) is 4.66. The van der Waals surface area contributed by atoms with Gasteiger partial charge in [0.25, 0.3) is 5.91 Å². The fraction of sp³-hybridized carbons (Fsp3) is 0.471. The fourth-order valence-electron chi connectivity index (χ4n) is 2.47. The predicted octanol–water partition coefficient (Wildman–Crippen LogP) is 1.20. The molecular formula is C17H22N2O2. The third kappa shape index (κ3) is 3.63. The standard InChI is InChI=1S/C17H22N2O2/c1-17(2)13-19(10-9-18(17)3)16(21)15-8-4-6-14(12-15)7-5-11-20/h4,6,8,12,20H,9-11,13H2,1-3H3. The Morgan fingerprint density at radius 2 is 2.14 bits per heavy atom. The average molecular weight is 286 g/mol. The second-order valence-corrected chi connectivity index (χ2v) is 6.00. The van der Waals surface area contributed by atoms with Crippen molar-refractivity contribution in [2.75, 3.05) is 33.3 Å². The summed E-state index contributed by atoms with van der Waals surface area (Å²) in [5.74, 6) is 5.49. The lowest BCUT2D eigenvalue weighted by molar-refractivity contribution is 0.0311. The average Bonchev–Trinajstić information content (AvgIpc) is 2.47. The third-order valence-electron chi connectivity index (χ3n) is 4.03. The summed E-state index contributed by atoms with van der Waals surface area (Å²) >= 11 is 0. The molecule has 1 aromatic carbocycles. The highest BCUT2D eigenvalue weighted by molar-refractivity contribution is 5.94. The van der Waals surface area contributed by atoms with E-state index < -0.39 is 0 Å². The topological polar surface area (TPSA) is 43.8 Å². The van der Waals surface area contributed by atoms with Crippen molar-refractivity contribution in [1.29, 1.82) is 0 Å². The van der Waals surface area contributed by atoms with Crippen molar-refractivity contribution in [1.82, 2.24) is 9.80 Å². The van der Waals surface area contributed by atoms with Crippen LogP contribution in [0.2, 0.25) is 0 Å². The van der Waals surface area contributed by atoms with Crippen LogP contribution in [0.3, 0.4) is 0 Å². The lowest BCUT2D eigenvalue weighted by atomic mass is 9.99. The van der Waals surface area contributed by atoms with Gasteiger partial charge >= 0.3 is 0 Å². The van der Waals surface area contributed by atoms with E-state index in [0.29, 0.717) is 5.56 Å². The van der Waals surface area contributed by atoms with E-state index >= 15 is 0 Å². The van der Waals surface area contributed by atoms with Gasteiger partial charge in [-0.3, -0.25) is 9.69 Å². The van der Waals surface area contributed by atoms with Crippen molar-refractivity contribution < 1.29 is 9.90 Å². The van der Waals surface area contributed by atoms with Crippen LogP contribution in [0, 0.1) is 11.8 Å². The molecule has 1 fully saturated rings. The summed E-state index contributed by atoms with van der Waals surface area (Å²) in [5, 5.41) is 8.74. The molecule has 1 aliphatic heterocycles. The van der Waals surface area contributed by atoms with Crippen molar-refractivity contribution in [2.45, 2.75) is 19.4 Å². The Balaban J connectivity index is 2.17. The minimum absolute atomic E-state index is 0.0117.